The Morgan fingerprint density at radius 2 is 2.11 bits per heavy atom. The SMILES string of the molecule is CC(O)(CO)CNC(=O)COc1ccc(Cl)c(Cl)c1. The zero-order valence-electron chi connectivity index (χ0n) is 10.3. The average Bonchev–Trinajstić information content (AvgIpc) is 2.38. The third kappa shape index (κ3) is 5.65. The van der Waals surface area contributed by atoms with Crippen LogP contribution >= 0.6 is 23.2 Å². The van der Waals surface area contributed by atoms with Crippen LogP contribution in [0.5, 0.6) is 5.75 Å². The molecule has 0 fully saturated rings. The molecule has 0 heterocycles. The topological polar surface area (TPSA) is 78.8 Å². The first kappa shape index (κ1) is 16.0. The molecule has 0 saturated heterocycles. The number of aliphatic hydroxyl groups excluding tert-OH is 1. The summed E-state index contributed by atoms with van der Waals surface area (Å²) in [6, 6.07) is 4.65. The summed E-state index contributed by atoms with van der Waals surface area (Å²) in [7, 11) is 0. The Morgan fingerprint density at radius 3 is 2.68 bits per heavy atom. The number of hydrogen-bond acceptors (Lipinski definition) is 4. The number of hydrogen-bond donors (Lipinski definition) is 3. The van der Waals surface area contributed by atoms with Crippen molar-refractivity contribution >= 4 is 29.1 Å². The van der Waals surface area contributed by atoms with Crippen LogP contribution < -0.4 is 10.1 Å². The van der Waals surface area contributed by atoms with E-state index in [0.29, 0.717) is 15.8 Å². The molecule has 1 rings (SSSR count). The van der Waals surface area contributed by atoms with Gasteiger partial charge in [-0.3, -0.25) is 4.79 Å². The van der Waals surface area contributed by atoms with Crippen LogP contribution in [0.15, 0.2) is 18.2 Å². The van der Waals surface area contributed by atoms with Crippen molar-refractivity contribution in [2.75, 3.05) is 19.8 Å². The Labute approximate surface area is 121 Å². The van der Waals surface area contributed by atoms with Gasteiger partial charge in [-0.2, -0.15) is 0 Å². The highest BCUT2D eigenvalue weighted by atomic mass is 35.5. The number of carbonyl (C=O) groups is 1. The van der Waals surface area contributed by atoms with Crippen molar-refractivity contribution in [1.29, 1.82) is 0 Å². The number of amides is 1. The lowest BCUT2D eigenvalue weighted by atomic mass is 10.1. The molecule has 19 heavy (non-hydrogen) atoms. The molecule has 0 bridgehead atoms. The first-order valence-electron chi connectivity index (χ1n) is 5.52. The zero-order valence-corrected chi connectivity index (χ0v) is 11.8. The summed E-state index contributed by atoms with van der Waals surface area (Å²) in [6.45, 7) is 0.681. The lowest BCUT2D eigenvalue weighted by Gasteiger charge is -2.20. The maximum absolute atomic E-state index is 11.4. The third-order valence-corrected chi connectivity index (χ3v) is 3.01. The number of ether oxygens (including phenoxy) is 1. The number of aliphatic hydroxyl groups is 2. The molecule has 1 unspecified atom stereocenters. The molecular weight excluding hydrogens is 293 g/mol. The molecule has 0 aliphatic heterocycles. The highest BCUT2D eigenvalue weighted by molar-refractivity contribution is 6.42. The second-order valence-corrected chi connectivity index (χ2v) is 5.11. The van der Waals surface area contributed by atoms with E-state index in [1.165, 1.54) is 13.0 Å². The van der Waals surface area contributed by atoms with Crippen molar-refractivity contribution in [1.82, 2.24) is 5.32 Å². The summed E-state index contributed by atoms with van der Waals surface area (Å²) in [5.41, 5.74) is -1.35. The molecule has 0 radical (unpaired) electrons. The molecule has 0 saturated carbocycles. The van der Waals surface area contributed by atoms with E-state index < -0.39 is 18.1 Å². The molecule has 1 aromatic rings. The summed E-state index contributed by atoms with van der Waals surface area (Å²) >= 11 is 11.5. The average molecular weight is 308 g/mol. The Hall–Kier alpha value is -1.01. The first-order valence-corrected chi connectivity index (χ1v) is 6.27. The van der Waals surface area contributed by atoms with Crippen LogP contribution in [0, 0.1) is 0 Å². The van der Waals surface area contributed by atoms with Gasteiger partial charge in [0.25, 0.3) is 5.91 Å². The Morgan fingerprint density at radius 1 is 1.42 bits per heavy atom. The maximum Gasteiger partial charge on any atom is 0.258 e. The zero-order chi connectivity index (χ0) is 14.5. The fourth-order valence-electron chi connectivity index (χ4n) is 1.11. The Balaban J connectivity index is 2.40. The van der Waals surface area contributed by atoms with E-state index >= 15 is 0 Å². The standard InChI is InChI=1S/C12H15Cl2NO4/c1-12(18,7-16)6-15-11(17)5-19-8-2-3-9(13)10(14)4-8/h2-4,16,18H,5-7H2,1H3,(H,15,17). The molecule has 0 aliphatic rings. The largest absolute Gasteiger partial charge is 0.484 e. The van der Waals surface area contributed by atoms with Crippen molar-refractivity contribution in [3.05, 3.63) is 28.2 Å². The summed E-state index contributed by atoms with van der Waals surface area (Å²) < 4.78 is 5.20. The molecule has 1 aromatic carbocycles. The van der Waals surface area contributed by atoms with Crippen molar-refractivity contribution in [2.24, 2.45) is 0 Å². The molecule has 1 atom stereocenters. The van der Waals surface area contributed by atoms with Gasteiger partial charge in [-0.1, -0.05) is 23.2 Å². The highest BCUT2D eigenvalue weighted by Crippen LogP contribution is 2.26. The molecule has 0 aromatic heterocycles. The van der Waals surface area contributed by atoms with Crippen LogP contribution in [-0.4, -0.2) is 41.5 Å². The Bertz CT molecular complexity index is 451. The van der Waals surface area contributed by atoms with Crippen LogP contribution in [0.3, 0.4) is 0 Å². The summed E-state index contributed by atoms with van der Waals surface area (Å²) in [5.74, 6) is -0.00161. The molecular formula is C12H15Cl2NO4. The molecule has 0 spiro atoms. The second-order valence-electron chi connectivity index (χ2n) is 4.30. The van der Waals surface area contributed by atoms with Crippen molar-refractivity contribution in [2.45, 2.75) is 12.5 Å². The van der Waals surface area contributed by atoms with Crippen LogP contribution in [0.2, 0.25) is 10.0 Å². The minimum atomic E-state index is -1.35. The monoisotopic (exact) mass is 307 g/mol. The number of carbonyl (C=O) groups excluding carboxylic acids is 1. The highest BCUT2D eigenvalue weighted by Gasteiger charge is 2.19. The lowest BCUT2D eigenvalue weighted by Crippen LogP contribution is -2.44. The smallest absolute Gasteiger partial charge is 0.258 e. The third-order valence-electron chi connectivity index (χ3n) is 2.27. The second kappa shape index (κ2) is 6.96. The quantitative estimate of drug-likeness (QED) is 0.738. The number of rotatable bonds is 6. The molecule has 7 heteroatoms. The minimum absolute atomic E-state index is 0.0624. The summed E-state index contributed by atoms with van der Waals surface area (Å²) in [6.07, 6.45) is 0. The van der Waals surface area contributed by atoms with Crippen molar-refractivity contribution in [3.63, 3.8) is 0 Å². The van der Waals surface area contributed by atoms with Gasteiger partial charge in [-0.15, -0.1) is 0 Å². The molecule has 3 N–H and O–H groups in total. The Kier molecular flexibility index (Phi) is 5.87. The van der Waals surface area contributed by atoms with Gasteiger partial charge in [0.2, 0.25) is 0 Å². The van der Waals surface area contributed by atoms with Crippen molar-refractivity contribution in [3.8, 4) is 5.75 Å². The number of benzene rings is 1. The predicted molar refractivity (Wildman–Crippen MR) is 72.7 cm³/mol. The summed E-state index contributed by atoms with van der Waals surface area (Å²) in [4.78, 5) is 11.4. The fourth-order valence-corrected chi connectivity index (χ4v) is 1.40. The van der Waals surface area contributed by atoms with Gasteiger partial charge in [0.15, 0.2) is 6.61 Å². The fraction of sp³-hybridized carbons (Fsp3) is 0.417. The van der Waals surface area contributed by atoms with Gasteiger partial charge < -0.3 is 20.3 Å². The van der Waals surface area contributed by atoms with Gasteiger partial charge in [-0.05, 0) is 19.1 Å². The van der Waals surface area contributed by atoms with Crippen molar-refractivity contribution < 1.29 is 19.7 Å². The van der Waals surface area contributed by atoms with E-state index in [1.54, 1.807) is 12.1 Å². The predicted octanol–water partition coefficient (Wildman–Crippen LogP) is 1.23. The van der Waals surface area contributed by atoms with Gasteiger partial charge in [0.05, 0.1) is 16.7 Å². The van der Waals surface area contributed by atoms with Crippen LogP contribution in [0.25, 0.3) is 0 Å². The normalized spacial score (nSPS) is 13.7. The van der Waals surface area contributed by atoms with E-state index in [1.807, 2.05) is 0 Å². The minimum Gasteiger partial charge on any atom is -0.484 e. The van der Waals surface area contributed by atoms with E-state index in [-0.39, 0.29) is 13.2 Å². The van der Waals surface area contributed by atoms with E-state index in [0.717, 1.165) is 0 Å². The van der Waals surface area contributed by atoms with Crippen LogP contribution in [-0.2, 0) is 4.79 Å². The van der Waals surface area contributed by atoms with E-state index in [4.69, 9.17) is 33.0 Å². The van der Waals surface area contributed by atoms with Gasteiger partial charge in [0, 0.05) is 12.6 Å². The summed E-state index contributed by atoms with van der Waals surface area (Å²) in [5, 5.41) is 21.5. The van der Waals surface area contributed by atoms with E-state index in [2.05, 4.69) is 5.32 Å². The van der Waals surface area contributed by atoms with E-state index in [9.17, 15) is 9.90 Å². The molecule has 5 nitrogen and oxygen atoms in total. The first-order chi connectivity index (χ1) is 8.84. The van der Waals surface area contributed by atoms with Gasteiger partial charge >= 0.3 is 0 Å². The maximum atomic E-state index is 11.4. The molecule has 106 valence electrons. The van der Waals surface area contributed by atoms with Crippen LogP contribution in [0.1, 0.15) is 6.92 Å². The van der Waals surface area contributed by atoms with Crippen LogP contribution in [0.4, 0.5) is 0 Å². The lowest BCUT2D eigenvalue weighted by molar-refractivity contribution is -0.124. The number of halogens is 2. The molecule has 0 aliphatic carbocycles. The van der Waals surface area contributed by atoms with Gasteiger partial charge in [0.1, 0.15) is 11.4 Å². The number of nitrogens with one attached hydrogen (secondary N) is 1. The molecule has 1 amide bonds. The van der Waals surface area contributed by atoms with Gasteiger partial charge in [-0.25, -0.2) is 0 Å².